The number of rotatable bonds is 6. The summed E-state index contributed by atoms with van der Waals surface area (Å²) in [6, 6.07) is 8.17. The summed E-state index contributed by atoms with van der Waals surface area (Å²) in [4.78, 5) is 16.8. The fraction of sp³-hybridized carbons (Fsp3) is 0.278. The topological polar surface area (TPSA) is 64.7 Å². The van der Waals surface area contributed by atoms with Crippen molar-refractivity contribution >= 4 is 23.5 Å². The molecule has 3 aromatic rings. The van der Waals surface area contributed by atoms with Gasteiger partial charge in [0.15, 0.2) is 5.16 Å². The predicted molar refractivity (Wildman–Crippen MR) is 100 cm³/mol. The Morgan fingerprint density at radius 3 is 2.77 bits per heavy atom. The van der Waals surface area contributed by atoms with Crippen molar-refractivity contribution in [2.24, 2.45) is 0 Å². The Morgan fingerprint density at radius 1 is 1.23 bits per heavy atom. The van der Waals surface area contributed by atoms with Crippen molar-refractivity contribution in [2.75, 3.05) is 5.32 Å². The van der Waals surface area contributed by atoms with Crippen molar-refractivity contribution < 1.29 is 9.18 Å². The molecule has 26 heavy (non-hydrogen) atoms. The number of amides is 1. The van der Waals surface area contributed by atoms with E-state index < -0.39 is 0 Å². The molecule has 0 aliphatic carbocycles. The molecule has 2 aromatic heterocycles. The van der Waals surface area contributed by atoms with Crippen LogP contribution in [0.4, 0.5) is 10.2 Å². The summed E-state index contributed by atoms with van der Waals surface area (Å²) in [7, 11) is 0. The molecule has 8 heteroatoms. The Morgan fingerprint density at radius 2 is 2.04 bits per heavy atom. The second-order valence-electron chi connectivity index (χ2n) is 6.06. The minimum absolute atomic E-state index is 0.147. The Bertz CT molecular complexity index is 904. The molecule has 1 aromatic carbocycles. The molecular formula is C18H20FN5OS. The number of hydrogen-bond acceptors (Lipinski definition) is 4. The van der Waals surface area contributed by atoms with E-state index in [1.807, 2.05) is 13.8 Å². The van der Waals surface area contributed by atoms with Crippen molar-refractivity contribution in [1.82, 2.24) is 19.3 Å². The Labute approximate surface area is 155 Å². The van der Waals surface area contributed by atoms with Gasteiger partial charge in [0, 0.05) is 24.5 Å². The molecule has 0 aliphatic rings. The van der Waals surface area contributed by atoms with Gasteiger partial charge in [-0.05, 0) is 39.0 Å². The smallest absolute Gasteiger partial charge is 0.238 e. The van der Waals surface area contributed by atoms with Gasteiger partial charge in [0.1, 0.15) is 11.6 Å². The first kappa shape index (κ1) is 18.2. The van der Waals surface area contributed by atoms with E-state index in [4.69, 9.17) is 0 Å². The standard InChI is InChI=1S/C18H20FN5OS/c1-12(2)24-16(7-8-21-24)22-17(25)13(3)26-18-20-9-10-23(18)15-6-4-5-14(19)11-15/h4-13H,1-3H3,(H,22,25)/t13-/m1/s1. The highest BCUT2D eigenvalue weighted by Crippen LogP contribution is 2.26. The van der Waals surface area contributed by atoms with Crippen LogP contribution in [0.2, 0.25) is 0 Å². The monoisotopic (exact) mass is 373 g/mol. The van der Waals surface area contributed by atoms with Gasteiger partial charge in [-0.25, -0.2) is 14.1 Å². The Kier molecular flexibility index (Phi) is 5.41. The minimum atomic E-state index is -0.389. The van der Waals surface area contributed by atoms with Gasteiger partial charge in [0.25, 0.3) is 0 Å². The summed E-state index contributed by atoms with van der Waals surface area (Å²) in [5.41, 5.74) is 0.662. The summed E-state index contributed by atoms with van der Waals surface area (Å²) >= 11 is 1.31. The fourth-order valence-corrected chi connectivity index (χ4v) is 3.35. The van der Waals surface area contributed by atoms with Crippen LogP contribution in [0.25, 0.3) is 5.69 Å². The lowest BCUT2D eigenvalue weighted by Crippen LogP contribution is -2.25. The number of carbonyl (C=O) groups excluding carboxylic acids is 1. The van der Waals surface area contributed by atoms with Gasteiger partial charge >= 0.3 is 0 Å². The van der Waals surface area contributed by atoms with Gasteiger partial charge in [-0.15, -0.1) is 0 Å². The van der Waals surface area contributed by atoms with Gasteiger partial charge in [0.05, 0.1) is 17.1 Å². The molecule has 0 saturated carbocycles. The molecule has 0 aliphatic heterocycles. The Balaban J connectivity index is 1.72. The van der Waals surface area contributed by atoms with Crippen LogP contribution in [0.3, 0.4) is 0 Å². The van der Waals surface area contributed by atoms with E-state index in [0.29, 0.717) is 16.7 Å². The van der Waals surface area contributed by atoms with Crippen LogP contribution in [0.5, 0.6) is 0 Å². The zero-order valence-electron chi connectivity index (χ0n) is 14.8. The van der Waals surface area contributed by atoms with Gasteiger partial charge in [-0.3, -0.25) is 9.36 Å². The first-order valence-corrected chi connectivity index (χ1v) is 9.14. The molecule has 136 valence electrons. The zero-order valence-corrected chi connectivity index (χ0v) is 15.6. The van der Waals surface area contributed by atoms with E-state index in [2.05, 4.69) is 15.4 Å². The Hall–Kier alpha value is -2.61. The molecule has 0 bridgehead atoms. The van der Waals surface area contributed by atoms with Crippen LogP contribution >= 0.6 is 11.8 Å². The molecular weight excluding hydrogens is 353 g/mol. The number of thioether (sulfide) groups is 1. The molecule has 3 rings (SSSR count). The molecule has 0 spiro atoms. The number of carbonyl (C=O) groups is 1. The first-order valence-electron chi connectivity index (χ1n) is 8.26. The summed E-state index contributed by atoms with van der Waals surface area (Å²) < 4.78 is 17.0. The SMILES string of the molecule is CC(C)n1nccc1NC(=O)[C@@H](C)Sc1nccn1-c1cccc(F)c1. The fourth-order valence-electron chi connectivity index (χ4n) is 2.46. The molecule has 0 radical (unpaired) electrons. The van der Waals surface area contributed by atoms with E-state index >= 15 is 0 Å². The van der Waals surface area contributed by atoms with Crippen molar-refractivity contribution in [3.05, 3.63) is 54.7 Å². The van der Waals surface area contributed by atoms with Crippen LogP contribution in [0.1, 0.15) is 26.8 Å². The highest BCUT2D eigenvalue weighted by molar-refractivity contribution is 8.00. The average molecular weight is 373 g/mol. The van der Waals surface area contributed by atoms with Crippen LogP contribution in [0, 0.1) is 5.82 Å². The van der Waals surface area contributed by atoms with Gasteiger partial charge in [0.2, 0.25) is 5.91 Å². The molecule has 1 N–H and O–H groups in total. The normalized spacial score (nSPS) is 12.3. The summed E-state index contributed by atoms with van der Waals surface area (Å²) in [6.45, 7) is 5.80. The average Bonchev–Trinajstić information content (AvgIpc) is 3.24. The maximum atomic E-state index is 13.5. The molecule has 1 atom stereocenters. The minimum Gasteiger partial charge on any atom is -0.310 e. The number of nitrogens with zero attached hydrogens (tertiary/aromatic N) is 4. The van der Waals surface area contributed by atoms with E-state index in [9.17, 15) is 9.18 Å². The number of aromatic nitrogens is 4. The number of benzene rings is 1. The maximum Gasteiger partial charge on any atom is 0.238 e. The third-order valence-corrected chi connectivity index (χ3v) is 4.84. The summed E-state index contributed by atoms with van der Waals surface area (Å²) in [5.74, 6) is 0.192. The molecule has 2 heterocycles. The number of hydrogen-bond donors (Lipinski definition) is 1. The molecule has 0 unspecified atom stereocenters. The lowest BCUT2D eigenvalue weighted by molar-refractivity contribution is -0.115. The third-order valence-electron chi connectivity index (χ3n) is 3.76. The second kappa shape index (κ2) is 7.74. The van der Waals surface area contributed by atoms with Crippen molar-refractivity contribution in [2.45, 2.75) is 37.2 Å². The van der Waals surface area contributed by atoms with Crippen molar-refractivity contribution in [3.63, 3.8) is 0 Å². The number of imidazole rings is 1. The second-order valence-corrected chi connectivity index (χ2v) is 7.37. The van der Waals surface area contributed by atoms with Crippen LogP contribution in [0.15, 0.2) is 54.1 Å². The number of anilines is 1. The number of nitrogens with one attached hydrogen (secondary N) is 1. The van der Waals surface area contributed by atoms with Crippen LogP contribution < -0.4 is 5.32 Å². The van der Waals surface area contributed by atoms with Gasteiger partial charge in [-0.1, -0.05) is 17.8 Å². The third kappa shape index (κ3) is 3.96. The van der Waals surface area contributed by atoms with E-state index in [1.54, 1.807) is 53.0 Å². The van der Waals surface area contributed by atoms with E-state index in [1.165, 1.54) is 23.9 Å². The van der Waals surface area contributed by atoms with Gasteiger partial charge in [-0.2, -0.15) is 5.10 Å². The molecule has 1 amide bonds. The highest BCUT2D eigenvalue weighted by Gasteiger charge is 2.19. The number of halogens is 1. The quantitative estimate of drug-likeness (QED) is 0.666. The molecule has 0 saturated heterocycles. The molecule has 6 nitrogen and oxygen atoms in total. The molecule has 0 fully saturated rings. The largest absolute Gasteiger partial charge is 0.310 e. The van der Waals surface area contributed by atoms with Crippen LogP contribution in [-0.4, -0.2) is 30.5 Å². The van der Waals surface area contributed by atoms with Crippen LogP contribution in [-0.2, 0) is 4.79 Å². The highest BCUT2D eigenvalue weighted by atomic mass is 32.2. The maximum absolute atomic E-state index is 13.5. The van der Waals surface area contributed by atoms with Crippen molar-refractivity contribution in [3.8, 4) is 5.69 Å². The lowest BCUT2D eigenvalue weighted by atomic mass is 10.3. The lowest BCUT2D eigenvalue weighted by Gasteiger charge is -2.15. The zero-order chi connectivity index (χ0) is 18.7. The first-order chi connectivity index (χ1) is 12.5. The van der Waals surface area contributed by atoms with E-state index in [-0.39, 0.29) is 23.0 Å². The van der Waals surface area contributed by atoms with Crippen molar-refractivity contribution in [1.29, 1.82) is 0 Å². The van der Waals surface area contributed by atoms with Gasteiger partial charge < -0.3 is 5.32 Å². The van der Waals surface area contributed by atoms with E-state index in [0.717, 1.165) is 0 Å². The summed E-state index contributed by atoms with van der Waals surface area (Å²) in [6.07, 6.45) is 5.03. The summed E-state index contributed by atoms with van der Waals surface area (Å²) in [5, 5.41) is 7.34. The predicted octanol–water partition coefficient (Wildman–Crippen LogP) is 3.91.